The molecule has 4 aliphatic heterocycles. The molecule has 0 aliphatic carbocycles. The van der Waals surface area contributed by atoms with Gasteiger partial charge in [0.25, 0.3) is 13.4 Å². The molecule has 6 heteroatoms. The van der Waals surface area contributed by atoms with E-state index in [0.29, 0.717) is 0 Å². The van der Waals surface area contributed by atoms with Gasteiger partial charge in [0, 0.05) is 21.3 Å². The minimum Gasteiger partial charge on any atom is -0.458 e. The van der Waals surface area contributed by atoms with E-state index in [1.54, 1.807) is 0 Å². The SMILES string of the molecule is c1ccc(-c2cccc(-c3ccccc3)c2-c2cc3c4c(c2)Oc2cc5c(cc2B4c2ccccc2O3)B2c3ccccc3Sc3cc(-c4c(-c6ccccc6)cccc4-c4ccccc4)cc(c32)O5)cc1. The molecule has 11 aromatic carbocycles. The molecule has 4 aliphatic rings. The van der Waals surface area contributed by atoms with E-state index in [-0.39, 0.29) is 13.4 Å². The van der Waals surface area contributed by atoms with Crippen molar-refractivity contribution < 1.29 is 14.2 Å². The molecule has 11 aromatic rings. The van der Waals surface area contributed by atoms with Gasteiger partial charge in [0.05, 0.1) is 0 Å². The van der Waals surface area contributed by atoms with Crippen LogP contribution in [0.2, 0.25) is 0 Å². The van der Waals surface area contributed by atoms with E-state index in [1.807, 2.05) is 11.8 Å². The molecular formula is C66H40B2O3S. The molecule has 0 fully saturated rings. The Bertz CT molecular complexity index is 3620. The standard InChI is InChI=1S/C66H40B2O3S/c1-5-19-41(20-6-1)47-27-17-28-48(42-21-7-2-8-22-42)63(47)45-35-58-65-59(36-45)70-56-40-57-54(39-53(56)67(65)51-31-13-15-33-55(51)69-58)68-52-32-14-16-34-61(52)72-62-38-46(37-60(71-57)66(62)68)64-49(43-23-9-3-10-24-43)29-18-30-50(64)44-25-11-4-12-26-44/h1-40H. The van der Waals surface area contributed by atoms with E-state index in [9.17, 15) is 0 Å². The van der Waals surface area contributed by atoms with Gasteiger partial charge < -0.3 is 14.2 Å². The average molecular weight is 935 g/mol. The third-order valence-electron chi connectivity index (χ3n) is 14.9. The molecule has 0 bridgehead atoms. The van der Waals surface area contributed by atoms with Crippen molar-refractivity contribution in [3.8, 4) is 101 Å². The van der Waals surface area contributed by atoms with Crippen LogP contribution in [-0.2, 0) is 0 Å². The van der Waals surface area contributed by atoms with Crippen LogP contribution in [0.1, 0.15) is 0 Å². The molecule has 4 heterocycles. The minimum atomic E-state index is -0.136. The van der Waals surface area contributed by atoms with Crippen molar-refractivity contribution >= 4 is 58.0 Å². The van der Waals surface area contributed by atoms with Gasteiger partial charge in [-0.25, -0.2) is 0 Å². The van der Waals surface area contributed by atoms with Gasteiger partial charge in [0.2, 0.25) is 0 Å². The first-order valence-electron chi connectivity index (χ1n) is 24.6. The van der Waals surface area contributed by atoms with Gasteiger partial charge in [0.1, 0.15) is 34.5 Å². The van der Waals surface area contributed by atoms with Gasteiger partial charge in [-0.2, -0.15) is 0 Å². The highest BCUT2D eigenvalue weighted by atomic mass is 32.2. The number of hydrogen-bond donors (Lipinski definition) is 0. The van der Waals surface area contributed by atoms with Crippen LogP contribution < -0.4 is 47.0 Å². The fourth-order valence-corrected chi connectivity index (χ4v) is 13.0. The molecule has 0 atom stereocenters. The van der Waals surface area contributed by atoms with E-state index >= 15 is 0 Å². The third-order valence-corrected chi connectivity index (χ3v) is 16.1. The van der Waals surface area contributed by atoms with Gasteiger partial charge in [0.15, 0.2) is 0 Å². The molecule has 3 nitrogen and oxygen atoms in total. The smallest absolute Gasteiger partial charge is 0.260 e. The van der Waals surface area contributed by atoms with E-state index in [2.05, 4.69) is 243 Å². The number of fused-ring (bicyclic) bond motifs is 8. The van der Waals surface area contributed by atoms with Crippen molar-refractivity contribution in [2.45, 2.75) is 9.79 Å². The van der Waals surface area contributed by atoms with Crippen LogP contribution in [0.15, 0.2) is 252 Å². The van der Waals surface area contributed by atoms with E-state index in [0.717, 1.165) is 95.3 Å². The molecule has 0 N–H and O–H groups in total. The summed E-state index contributed by atoms with van der Waals surface area (Å²) >= 11 is 1.84. The summed E-state index contributed by atoms with van der Waals surface area (Å²) in [6.45, 7) is -0.193. The second kappa shape index (κ2) is 16.4. The number of benzene rings is 11. The van der Waals surface area contributed by atoms with Crippen LogP contribution in [0, 0.1) is 0 Å². The molecule has 72 heavy (non-hydrogen) atoms. The molecule has 0 radical (unpaired) electrons. The monoisotopic (exact) mass is 934 g/mol. The zero-order valence-corrected chi connectivity index (χ0v) is 39.7. The Hall–Kier alpha value is -8.70. The van der Waals surface area contributed by atoms with E-state index in [1.165, 1.54) is 48.5 Å². The van der Waals surface area contributed by atoms with Crippen LogP contribution in [0.5, 0.6) is 34.5 Å². The van der Waals surface area contributed by atoms with Crippen LogP contribution in [0.25, 0.3) is 66.8 Å². The summed E-state index contributed by atoms with van der Waals surface area (Å²) in [5, 5.41) is 0. The maximum absolute atomic E-state index is 7.33. The minimum absolute atomic E-state index is 0.0577. The lowest BCUT2D eigenvalue weighted by atomic mass is 9.32. The molecule has 334 valence electrons. The molecule has 0 aromatic heterocycles. The Labute approximate surface area is 423 Å². The lowest BCUT2D eigenvalue weighted by Gasteiger charge is -2.37. The quantitative estimate of drug-likeness (QED) is 0.155. The topological polar surface area (TPSA) is 27.7 Å². The zero-order chi connectivity index (χ0) is 47.3. The number of rotatable bonds is 6. The normalized spacial score (nSPS) is 12.9. The molecule has 0 amide bonds. The molecule has 15 rings (SSSR count). The number of ether oxygens (including phenoxy) is 3. The summed E-state index contributed by atoms with van der Waals surface area (Å²) in [6.07, 6.45) is 0. The molecule has 0 unspecified atom stereocenters. The van der Waals surface area contributed by atoms with Gasteiger partial charge in [-0.1, -0.05) is 217 Å². The van der Waals surface area contributed by atoms with Crippen molar-refractivity contribution in [1.29, 1.82) is 0 Å². The highest BCUT2D eigenvalue weighted by molar-refractivity contribution is 8.00. The zero-order valence-electron chi connectivity index (χ0n) is 38.9. The van der Waals surface area contributed by atoms with Crippen molar-refractivity contribution in [3.63, 3.8) is 0 Å². The molecule has 0 saturated heterocycles. The van der Waals surface area contributed by atoms with Gasteiger partial charge in [-0.3, -0.25) is 0 Å². The Balaban J connectivity index is 0.930. The van der Waals surface area contributed by atoms with Crippen molar-refractivity contribution in [3.05, 3.63) is 243 Å². The second-order valence-corrected chi connectivity index (χ2v) is 20.1. The summed E-state index contributed by atoms with van der Waals surface area (Å²) in [4.78, 5) is 2.46. The van der Waals surface area contributed by atoms with Crippen molar-refractivity contribution in [2.75, 3.05) is 0 Å². The lowest BCUT2D eigenvalue weighted by molar-refractivity contribution is 0.456. The van der Waals surface area contributed by atoms with Crippen LogP contribution in [-0.4, -0.2) is 13.4 Å². The first kappa shape index (κ1) is 41.1. The van der Waals surface area contributed by atoms with Crippen LogP contribution in [0.3, 0.4) is 0 Å². The summed E-state index contributed by atoms with van der Waals surface area (Å²) in [5.74, 6) is 4.89. The molecular weight excluding hydrogens is 894 g/mol. The Morgan fingerprint density at radius 1 is 0.250 bits per heavy atom. The van der Waals surface area contributed by atoms with E-state index in [4.69, 9.17) is 14.2 Å². The van der Waals surface area contributed by atoms with Gasteiger partial charge in [-0.15, -0.1) is 0 Å². The second-order valence-electron chi connectivity index (χ2n) is 19.0. The van der Waals surface area contributed by atoms with Gasteiger partial charge >= 0.3 is 0 Å². The number of hydrogen-bond acceptors (Lipinski definition) is 4. The van der Waals surface area contributed by atoms with Crippen LogP contribution >= 0.6 is 11.8 Å². The summed E-state index contributed by atoms with van der Waals surface area (Å²) in [6, 6.07) is 87.2. The van der Waals surface area contributed by atoms with Gasteiger partial charge in [-0.05, 0) is 125 Å². The Morgan fingerprint density at radius 3 is 1.17 bits per heavy atom. The highest BCUT2D eigenvalue weighted by Gasteiger charge is 2.45. The number of para-hydroxylation sites is 1. The first-order chi connectivity index (χ1) is 35.7. The molecule has 0 saturated carbocycles. The molecule has 0 spiro atoms. The highest BCUT2D eigenvalue weighted by Crippen LogP contribution is 2.48. The van der Waals surface area contributed by atoms with Crippen molar-refractivity contribution in [1.82, 2.24) is 0 Å². The predicted octanol–water partition coefficient (Wildman–Crippen LogP) is 13.5. The fourth-order valence-electron chi connectivity index (χ4n) is 11.8. The largest absolute Gasteiger partial charge is 0.458 e. The Morgan fingerprint density at radius 2 is 0.653 bits per heavy atom. The maximum Gasteiger partial charge on any atom is 0.260 e. The average Bonchev–Trinajstić information content (AvgIpc) is 3.45. The summed E-state index contributed by atoms with van der Waals surface area (Å²) in [5.41, 5.74) is 20.6. The maximum atomic E-state index is 7.33. The fraction of sp³-hybridized carbons (Fsp3) is 0. The van der Waals surface area contributed by atoms with Crippen molar-refractivity contribution in [2.24, 2.45) is 0 Å². The lowest BCUT2D eigenvalue weighted by Crippen LogP contribution is -2.61. The Kier molecular flexibility index (Phi) is 9.39. The third kappa shape index (κ3) is 6.49. The summed E-state index contributed by atoms with van der Waals surface area (Å²) < 4.78 is 21.6. The van der Waals surface area contributed by atoms with E-state index < -0.39 is 0 Å². The predicted molar refractivity (Wildman–Crippen MR) is 298 cm³/mol. The first-order valence-corrected chi connectivity index (χ1v) is 25.4. The summed E-state index contributed by atoms with van der Waals surface area (Å²) in [7, 11) is 0. The van der Waals surface area contributed by atoms with Crippen LogP contribution in [0.4, 0.5) is 0 Å².